The largest absolute Gasteiger partial charge is 0.616 e. The lowest BCUT2D eigenvalue weighted by molar-refractivity contribution is -0.174. The molecule has 5 unspecified atom stereocenters. The molecule has 5 atom stereocenters. The SMILES string of the molecule is Cc1cc([N+]([O-])(c2ccccc2)c2ccccc2)cc(C)c1OCC(=O)OC1C2CC3CC(C2)C(=O)OC1C3. The van der Waals surface area contributed by atoms with Crippen molar-refractivity contribution in [3.8, 4) is 5.75 Å². The van der Waals surface area contributed by atoms with Gasteiger partial charge in [-0.05, 0) is 56.6 Å². The predicted molar refractivity (Wildman–Crippen MR) is 147 cm³/mol. The van der Waals surface area contributed by atoms with E-state index in [1.807, 2.05) is 86.6 Å². The molecule has 202 valence electrons. The molecule has 2 saturated carbocycles. The van der Waals surface area contributed by atoms with E-state index in [9.17, 15) is 14.8 Å². The van der Waals surface area contributed by atoms with E-state index in [1.165, 1.54) is 0 Å². The minimum Gasteiger partial charge on any atom is -0.616 e. The number of carbonyl (C=O) groups excluding carboxylic acids is 2. The number of ether oxygens (including phenoxy) is 3. The molecule has 0 spiro atoms. The Kier molecular flexibility index (Phi) is 6.65. The highest BCUT2D eigenvalue weighted by molar-refractivity contribution is 5.75. The first-order chi connectivity index (χ1) is 18.8. The Hall–Kier alpha value is -3.68. The van der Waals surface area contributed by atoms with Crippen LogP contribution in [0.1, 0.15) is 36.8 Å². The van der Waals surface area contributed by atoms with Crippen molar-refractivity contribution in [3.05, 3.63) is 89.1 Å². The molecule has 39 heavy (non-hydrogen) atoms. The molecule has 7 rings (SSSR count). The molecule has 3 aromatic carbocycles. The zero-order chi connectivity index (χ0) is 27.1. The molecule has 4 fully saturated rings. The minimum absolute atomic E-state index is 0.0687. The van der Waals surface area contributed by atoms with Crippen LogP contribution >= 0.6 is 0 Å². The first-order valence-electron chi connectivity index (χ1n) is 13.7. The van der Waals surface area contributed by atoms with E-state index in [0.29, 0.717) is 28.7 Å². The third kappa shape index (κ3) is 4.70. The summed E-state index contributed by atoms with van der Waals surface area (Å²) in [5.41, 5.74) is 3.23. The van der Waals surface area contributed by atoms with Gasteiger partial charge in [0, 0.05) is 42.3 Å². The van der Waals surface area contributed by atoms with Crippen molar-refractivity contribution in [2.45, 2.75) is 51.7 Å². The molecule has 2 saturated heterocycles. The van der Waals surface area contributed by atoms with Crippen molar-refractivity contribution in [1.29, 1.82) is 0 Å². The van der Waals surface area contributed by atoms with Crippen LogP contribution in [0.5, 0.6) is 5.75 Å². The van der Waals surface area contributed by atoms with Crippen molar-refractivity contribution in [2.75, 3.05) is 6.61 Å². The number of benzene rings is 3. The number of carbonyl (C=O) groups is 2. The molecule has 2 heterocycles. The van der Waals surface area contributed by atoms with Crippen LogP contribution < -0.4 is 9.38 Å². The van der Waals surface area contributed by atoms with E-state index in [1.54, 1.807) is 0 Å². The molecule has 2 aliphatic heterocycles. The minimum atomic E-state index is -0.753. The van der Waals surface area contributed by atoms with E-state index >= 15 is 0 Å². The fourth-order valence-corrected chi connectivity index (χ4v) is 6.81. The summed E-state index contributed by atoms with van der Waals surface area (Å²) in [6, 6.07) is 22.2. The van der Waals surface area contributed by atoms with Crippen LogP contribution in [0.2, 0.25) is 0 Å². The maximum atomic E-state index is 14.6. The average molecular weight is 528 g/mol. The maximum absolute atomic E-state index is 14.6. The lowest BCUT2D eigenvalue weighted by atomic mass is 9.67. The van der Waals surface area contributed by atoms with Gasteiger partial charge in [-0.25, -0.2) is 4.79 Å². The van der Waals surface area contributed by atoms with Crippen molar-refractivity contribution in [2.24, 2.45) is 17.8 Å². The van der Waals surface area contributed by atoms with Crippen LogP contribution in [0.15, 0.2) is 72.8 Å². The maximum Gasteiger partial charge on any atom is 0.344 e. The van der Waals surface area contributed by atoms with E-state index < -0.39 is 16.7 Å². The summed E-state index contributed by atoms with van der Waals surface area (Å²) in [4.78, 5) is 25.2. The summed E-state index contributed by atoms with van der Waals surface area (Å²) in [5, 5.41) is 14.6. The second-order valence-electron chi connectivity index (χ2n) is 11.2. The van der Waals surface area contributed by atoms with Crippen LogP contribution in [0.4, 0.5) is 17.1 Å². The number of para-hydroxylation sites is 2. The zero-order valence-corrected chi connectivity index (χ0v) is 22.2. The Balaban J connectivity index is 1.20. The Labute approximate surface area is 228 Å². The van der Waals surface area contributed by atoms with Gasteiger partial charge in [0.05, 0.1) is 5.92 Å². The third-order valence-electron chi connectivity index (χ3n) is 8.49. The summed E-state index contributed by atoms with van der Waals surface area (Å²) >= 11 is 0. The second kappa shape index (κ2) is 10.1. The number of hydrogen-bond donors (Lipinski definition) is 0. The van der Waals surface area contributed by atoms with Gasteiger partial charge in [0.2, 0.25) is 0 Å². The van der Waals surface area contributed by atoms with Crippen LogP contribution in [0, 0.1) is 36.8 Å². The van der Waals surface area contributed by atoms with Gasteiger partial charge in [0.25, 0.3) is 0 Å². The van der Waals surface area contributed by atoms with Crippen LogP contribution in [-0.4, -0.2) is 30.8 Å². The molecular formula is C32H33NO6. The third-order valence-corrected chi connectivity index (χ3v) is 8.49. The highest BCUT2D eigenvalue weighted by Gasteiger charge is 2.51. The summed E-state index contributed by atoms with van der Waals surface area (Å²) < 4.78 is 16.7. The lowest BCUT2D eigenvalue weighted by Gasteiger charge is -2.41. The molecule has 0 radical (unpaired) electrons. The Bertz CT molecular complexity index is 1310. The summed E-state index contributed by atoms with van der Waals surface area (Å²) in [5.74, 6) is 0.488. The smallest absolute Gasteiger partial charge is 0.344 e. The predicted octanol–water partition coefficient (Wildman–Crippen LogP) is 6.42. The molecule has 2 aliphatic carbocycles. The number of hydrogen-bond acceptors (Lipinski definition) is 6. The summed E-state index contributed by atoms with van der Waals surface area (Å²) in [6.07, 6.45) is 2.57. The van der Waals surface area contributed by atoms with Crippen molar-refractivity contribution < 1.29 is 23.8 Å². The molecule has 4 bridgehead atoms. The van der Waals surface area contributed by atoms with Crippen molar-refractivity contribution in [3.63, 3.8) is 0 Å². The molecule has 7 nitrogen and oxygen atoms in total. The number of nitrogens with zero attached hydrogens (tertiary/aromatic N) is 1. The van der Waals surface area contributed by atoms with Gasteiger partial charge in [-0.2, -0.15) is 0 Å². The van der Waals surface area contributed by atoms with Gasteiger partial charge < -0.3 is 19.4 Å². The van der Waals surface area contributed by atoms with Crippen LogP contribution in [-0.2, 0) is 19.1 Å². The van der Waals surface area contributed by atoms with Gasteiger partial charge in [-0.1, -0.05) is 36.4 Å². The molecule has 3 aromatic rings. The Morgan fingerprint density at radius 3 is 2.13 bits per heavy atom. The van der Waals surface area contributed by atoms with E-state index in [0.717, 1.165) is 36.8 Å². The highest BCUT2D eigenvalue weighted by atomic mass is 16.6. The summed E-state index contributed by atoms with van der Waals surface area (Å²) in [7, 11) is 0. The molecule has 0 amide bonds. The van der Waals surface area contributed by atoms with E-state index in [4.69, 9.17) is 14.2 Å². The van der Waals surface area contributed by atoms with Crippen molar-refractivity contribution >= 4 is 29.0 Å². The molecule has 0 N–H and O–H groups in total. The zero-order valence-electron chi connectivity index (χ0n) is 22.2. The molecule has 0 aromatic heterocycles. The average Bonchev–Trinajstić information content (AvgIpc) is 3.10. The van der Waals surface area contributed by atoms with Crippen molar-refractivity contribution in [1.82, 2.24) is 4.65 Å². The number of esters is 2. The first-order valence-corrected chi connectivity index (χ1v) is 13.7. The van der Waals surface area contributed by atoms with Gasteiger partial charge in [-0.15, -0.1) is 0 Å². The molecule has 4 aliphatic rings. The second-order valence-corrected chi connectivity index (χ2v) is 11.2. The van der Waals surface area contributed by atoms with Crippen LogP contribution in [0.25, 0.3) is 0 Å². The quantitative estimate of drug-likeness (QED) is 0.200. The fraction of sp³-hybridized carbons (Fsp3) is 0.375. The summed E-state index contributed by atoms with van der Waals surface area (Å²) in [6.45, 7) is 3.49. The lowest BCUT2D eigenvalue weighted by Crippen LogP contribution is -2.45. The van der Waals surface area contributed by atoms with Gasteiger partial charge in [0.1, 0.15) is 35.0 Å². The Morgan fingerprint density at radius 2 is 1.51 bits per heavy atom. The molecule has 7 heteroatoms. The fourth-order valence-electron chi connectivity index (χ4n) is 6.81. The van der Waals surface area contributed by atoms with Gasteiger partial charge in [-0.3, -0.25) is 9.44 Å². The number of rotatable bonds is 7. The van der Waals surface area contributed by atoms with E-state index in [2.05, 4.69) is 0 Å². The number of aryl methyl sites for hydroxylation is 2. The number of quaternary nitrogens is 1. The van der Waals surface area contributed by atoms with Gasteiger partial charge >= 0.3 is 11.9 Å². The normalized spacial score (nSPS) is 25.6. The Morgan fingerprint density at radius 1 is 0.897 bits per heavy atom. The van der Waals surface area contributed by atoms with Crippen LogP contribution in [0.3, 0.4) is 0 Å². The molecular weight excluding hydrogens is 494 g/mol. The first kappa shape index (κ1) is 25.6. The van der Waals surface area contributed by atoms with Gasteiger partial charge in [0.15, 0.2) is 6.61 Å². The number of fused-ring (bicyclic) bond motifs is 1. The standard InChI is InChI=1S/C32H33NO6/c1-20-13-27(33(36,25-9-5-3-6-10-25)26-11-7-4-8-12-26)14-21(2)30(20)37-19-29(34)39-31-23-15-22-16-24(18-23)32(35)38-28(31)17-22/h3-14,22-24,28,31H,15-19H2,1-2H3. The van der Waals surface area contributed by atoms with E-state index in [-0.39, 0.29) is 30.5 Å². The monoisotopic (exact) mass is 527 g/mol. The highest BCUT2D eigenvalue weighted by Crippen LogP contribution is 2.48. The topological polar surface area (TPSA) is 84.9 Å².